The maximum atomic E-state index is 12.8. The number of carbonyl (C=O) groups excluding carboxylic acids is 1. The van der Waals surface area contributed by atoms with Crippen molar-refractivity contribution in [2.75, 3.05) is 4.90 Å². The maximum Gasteiger partial charge on any atom is 0.303 e. The van der Waals surface area contributed by atoms with Crippen LogP contribution in [0.1, 0.15) is 64.0 Å². The van der Waals surface area contributed by atoms with Crippen LogP contribution in [0.2, 0.25) is 0 Å². The van der Waals surface area contributed by atoms with Crippen LogP contribution in [0.25, 0.3) is 0 Å². The molecule has 1 aliphatic rings. The summed E-state index contributed by atoms with van der Waals surface area (Å²) in [6.07, 6.45) is 5.41. The van der Waals surface area contributed by atoms with Crippen molar-refractivity contribution in [3.63, 3.8) is 0 Å². The third kappa shape index (κ3) is 4.16. The molecule has 1 aliphatic heterocycles. The molecular formula is C20H29NO3. The van der Waals surface area contributed by atoms with E-state index in [4.69, 9.17) is 5.11 Å². The second-order valence-corrected chi connectivity index (χ2v) is 6.84. The van der Waals surface area contributed by atoms with E-state index in [1.54, 1.807) is 0 Å². The number of anilines is 1. The van der Waals surface area contributed by atoms with Gasteiger partial charge in [0, 0.05) is 24.1 Å². The van der Waals surface area contributed by atoms with Crippen molar-refractivity contribution >= 4 is 17.6 Å². The molecular weight excluding hydrogens is 302 g/mol. The minimum absolute atomic E-state index is 0.106. The van der Waals surface area contributed by atoms with E-state index in [1.165, 1.54) is 11.1 Å². The van der Waals surface area contributed by atoms with Crippen LogP contribution in [-0.2, 0) is 22.4 Å². The maximum absolute atomic E-state index is 12.8. The van der Waals surface area contributed by atoms with Gasteiger partial charge in [-0.15, -0.1) is 0 Å². The van der Waals surface area contributed by atoms with E-state index in [0.29, 0.717) is 6.42 Å². The van der Waals surface area contributed by atoms with E-state index < -0.39 is 5.97 Å². The molecule has 24 heavy (non-hydrogen) atoms. The van der Waals surface area contributed by atoms with Crippen molar-refractivity contribution in [2.24, 2.45) is 5.92 Å². The number of unbranched alkanes of at least 4 members (excludes halogenated alkanes) is 1. The summed E-state index contributed by atoms with van der Waals surface area (Å²) in [6.45, 7) is 6.27. The predicted octanol–water partition coefficient (Wildman–Crippen LogP) is 4.20. The molecule has 2 rings (SSSR count). The van der Waals surface area contributed by atoms with Crippen molar-refractivity contribution < 1.29 is 14.7 Å². The first kappa shape index (κ1) is 18.5. The van der Waals surface area contributed by atoms with Crippen molar-refractivity contribution in [3.05, 3.63) is 29.3 Å². The van der Waals surface area contributed by atoms with E-state index >= 15 is 0 Å². The number of carboxylic acid groups (broad SMARTS) is 1. The summed E-state index contributed by atoms with van der Waals surface area (Å²) in [5.41, 5.74) is 3.55. The molecule has 1 aromatic rings. The molecule has 1 amide bonds. The van der Waals surface area contributed by atoms with Crippen LogP contribution in [0.3, 0.4) is 0 Å². The van der Waals surface area contributed by atoms with Gasteiger partial charge in [-0.2, -0.15) is 0 Å². The quantitative estimate of drug-likeness (QED) is 0.726. The summed E-state index contributed by atoms with van der Waals surface area (Å²) in [4.78, 5) is 25.4. The highest BCUT2D eigenvalue weighted by Crippen LogP contribution is 2.35. The van der Waals surface area contributed by atoms with Crippen LogP contribution in [0.4, 0.5) is 5.69 Å². The van der Waals surface area contributed by atoms with Crippen LogP contribution >= 0.6 is 0 Å². The van der Waals surface area contributed by atoms with Crippen molar-refractivity contribution in [1.29, 1.82) is 0 Å². The van der Waals surface area contributed by atoms with E-state index in [1.807, 2.05) is 4.90 Å². The Morgan fingerprint density at radius 2 is 1.96 bits per heavy atom. The van der Waals surface area contributed by atoms with Crippen LogP contribution < -0.4 is 4.90 Å². The molecule has 4 heteroatoms. The fraction of sp³-hybridized carbons (Fsp3) is 0.600. The van der Waals surface area contributed by atoms with Gasteiger partial charge in [-0.1, -0.05) is 26.0 Å². The predicted molar refractivity (Wildman–Crippen MR) is 96.4 cm³/mol. The minimum atomic E-state index is -0.728. The van der Waals surface area contributed by atoms with Gasteiger partial charge in [-0.25, -0.2) is 0 Å². The Kier molecular flexibility index (Phi) is 6.41. The Bertz CT molecular complexity index is 593. The van der Waals surface area contributed by atoms with Gasteiger partial charge in [0.25, 0.3) is 0 Å². The Labute approximate surface area is 144 Å². The molecule has 4 nitrogen and oxygen atoms in total. The number of hydrogen-bond donors (Lipinski definition) is 1. The number of benzene rings is 1. The number of rotatable bonds is 8. The number of hydrogen-bond acceptors (Lipinski definition) is 2. The second kappa shape index (κ2) is 8.32. The zero-order valence-electron chi connectivity index (χ0n) is 15.0. The standard InChI is InChI=1S/C20H29NO3/c1-4-16(5-2)20(24)21-14(3)12-17-13-15(10-11-18(17)21)8-6-7-9-19(22)23/h10-11,13-14,16H,4-9,12H2,1-3H3,(H,22,23). The zero-order chi connectivity index (χ0) is 17.7. The van der Waals surface area contributed by atoms with E-state index in [0.717, 1.165) is 37.8 Å². The molecule has 0 radical (unpaired) electrons. The lowest BCUT2D eigenvalue weighted by atomic mass is 10.0. The molecule has 0 fully saturated rings. The Morgan fingerprint density at radius 1 is 1.25 bits per heavy atom. The summed E-state index contributed by atoms with van der Waals surface area (Å²) < 4.78 is 0. The highest BCUT2D eigenvalue weighted by atomic mass is 16.4. The summed E-state index contributed by atoms with van der Waals surface area (Å²) in [5, 5.41) is 8.70. The molecule has 0 spiro atoms. The number of carboxylic acids is 1. The van der Waals surface area contributed by atoms with Gasteiger partial charge in [-0.3, -0.25) is 9.59 Å². The molecule has 1 unspecified atom stereocenters. The van der Waals surface area contributed by atoms with Gasteiger partial charge in [0.05, 0.1) is 0 Å². The van der Waals surface area contributed by atoms with E-state index in [-0.39, 0.29) is 24.3 Å². The molecule has 0 bridgehead atoms. The second-order valence-electron chi connectivity index (χ2n) is 6.84. The first-order valence-corrected chi connectivity index (χ1v) is 9.14. The Morgan fingerprint density at radius 3 is 2.58 bits per heavy atom. The minimum Gasteiger partial charge on any atom is -0.481 e. The molecule has 1 heterocycles. The smallest absolute Gasteiger partial charge is 0.303 e. The van der Waals surface area contributed by atoms with Crippen LogP contribution in [0.5, 0.6) is 0 Å². The molecule has 0 saturated carbocycles. The zero-order valence-corrected chi connectivity index (χ0v) is 15.0. The molecule has 0 aromatic heterocycles. The molecule has 0 aliphatic carbocycles. The lowest BCUT2D eigenvalue weighted by molar-refractivity contribution is -0.137. The topological polar surface area (TPSA) is 57.6 Å². The van der Waals surface area contributed by atoms with Gasteiger partial charge in [0.1, 0.15) is 0 Å². The first-order chi connectivity index (χ1) is 11.5. The lowest BCUT2D eigenvalue weighted by Crippen LogP contribution is -2.39. The molecule has 1 N–H and O–H groups in total. The van der Waals surface area contributed by atoms with E-state index in [2.05, 4.69) is 39.0 Å². The fourth-order valence-corrected chi connectivity index (χ4v) is 3.62. The van der Waals surface area contributed by atoms with Crippen LogP contribution in [-0.4, -0.2) is 23.0 Å². The van der Waals surface area contributed by atoms with Gasteiger partial charge < -0.3 is 10.0 Å². The highest BCUT2D eigenvalue weighted by Gasteiger charge is 2.33. The normalized spacial score (nSPS) is 16.5. The number of nitrogens with zero attached hydrogens (tertiary/aromatic N) is 1. The average Bonchev–Trinajstić information content (AvgIpc) is 2.87. The highest BCUT2D eigenvalue weighted by molar-refractivity contribution is 5.97. The SMILES string of the molecule is CCC(CC)C(=O)N1c2ccc(CCCCC(=O)O)cc2CC1C. The number of aryl methyl sites for hydroxylation is 1. The van der Waals surface area contributed by atoms with Gasteiger partial charge in [-0.05, 0) is 62.6 Å². The van der Waals surface area contributed by atoms with Crippen molar-refractivity contribution in [2.45, 2.75) is 71.8 Å². The van der Waals surface area contributed by atoms with Crippen LogP contribution in [0, 0.1) is 5.92 Å². The third-order valence-corrected chi connectivity index (χ3v) is 5.04. The third-order valence-electron chi connectivity index (χ3n) is 5.04. The van der Waals surface area contributed by atoms with Crippen LogP contribution in [0.15, 0.2) is 18.2 Å². The fourth-order valence-electron chi connectivity index (χ4n) is 3.62. The summed E-state index contributed by atoms with van der Waals surface area (Å²) in [7, 11) is 0. The number of fused-ring (bicyclic) bond motifs is 1. The molecule has 0 saturated heterocycles. The monoisotopic (exact) mass is 331 g/mol. The summed E-state index contributed by atoms with van der Waals surface area (Å²) >= 11 is 0. The van der Waals surface area contributed by atoms with Gasteiger partial charge >= 0.3 is 5.97 Å². The van der Waals surface area contributed by atoms with Crippen molar-refractivity contribution in [1.82, 2.24) is 0 Å². The van der Waals surface area contributed by atoms with Gasteiger partial charge in [0.2, 0.25) is 5.91 Å². The first-order valence-electron chi connectivity index (χ1n) is 9.14. The lowest BCUT2D eigenvalue weighted by Gasteiger charge is -2.26. The number of aliphatic carboxylic acids is 1. The average molecular weight is 331 g/mol. The van der Waals surface area contributed by atoms with E-state index in [9.17, 15) is 9.59 Å². The summed E-state index contributed by atoms with van der Waals surface area (Å²) in [6, 6.07) is 6.58. The van der Waals surface area contributed by atoms with Gasteiger partial charge in [0.15, 0.2) is 0 Å². The number of carbonyl (C=O) groups is 2. The molecule has 132 valence electrons. The summed E-state index contributed by atoms with van der Waals surface area (Å²) in [5.74, 6) is -0.372. The Hall–Kier alpha value is -1.84. The Balaban J connectivity index is 2.07. The molecule has 1 aromatic carbocycles. The molecule has 1 atom stereocenters. The largest absolute Gasteiger partial charge is 0.481 e. The number of amides is 1. The van der Waals surface area contributed by atoms with Crippen molar-refractivity contribution in [3.8, 4) is 0 Å².